The number of hydrogen-bond donors (Lipinski definition) is 2. The fraction of sp³-hybridized carbons (Fsp3) is 0.0769. The number of esters is 1. The summed E-state index contributed by atoms with van der Waals surface area (Å²) in [6, 6.07) is 25.9. The summed E-state index contributed by atoms with van der Waals surface area (Å²) in [5, 5.41) is 4.62. The van der Waals surface area contributed by atoms with Gasteiger partial charge in [0, 0.05) is 12.2 Å². The third kappa shape index (κ3) is 6.24. The second-order valence-electron chi connectivity index (χ2n) is 7.64. The molecule has 0 spiro atoms. The molecule has 2 N–H and O–H groups in total. The van der Waals surface area contributed by atoms with Crippen LogP contribution in [-0.4, -0.2) is 26.9 Å². The number of anilines is 1. The monoisotopic (exact) mass is 508 g/mol. The Morgan fingerprint density at radius 3 is 2.31 bits per heavy atom. The van der Waals surface area contributed by atoms with E-state index in [9.17, 15) is 18.0 Å². The molecule has 9 heteroatoms. The molecule has 4 rings (SSSR count). The van der Waals surface area contributed by atoms with Crippen molar-refractivity contribution < 1.29 is 22.7 Å². The molecule has 0 heterocycles. The van der Waals surface area contributed by atoms with Crippen molar-refractivity contribution in [3.63, 3.8) is 0 Å². The second-order valence-corrected chi connectivity index (χ2v) is 9.78. The highest BCUT2D eigenvalue weighted by molar-refractivity contribution is 7.89. The first-order valence-electron chi connectivity index (χ1n) is 10.6. The Balaban J connectivity index is 1.39. The van der Waals surface area contributed by atoms with E-state index in [1.54, 1.807) is 30.3 Å². The van der Waals surface area contributed by atoms with Crippen LogP contribution in [0.5, 0.6) is 0 Å². The van der Waals surface area contributed by atoms with Crippen molar-refractivity contribution in [2.24, 2.45) is 0 Å². The molecule has 0 atom stereocenters. The molecule has 0 saturated carbocycles. The number of amides is 1. The minimum atomic E-state index is -4.00. The van der Waals surface area contributed by atoms with E-state index in [-0.39, 0.29) is 22.0 Å². The fourth-order valence-corrected chi connectivity index (χ4v) is 4.91. The van der Waals surface area contributed by atoms with E-state index in [4.69, 9.17) is 16.3 Å². The minimum absolute atomic E-state index is 0.0452. The average molecular weight is 509 g/mol. The van der Waals surface area contributed by atoms with Crippen molar-refractivity contribution in [1.82, 2.24) is 4.72 Å². The van der Waals surface area contributed by atoms with Gasteiger partial charge in [-0.05, 0) is 46.7 Å². The number of carbonyl (C=O) groups is 2. The van der Waals surface area contributed by atoms with Gasteiger partial charge in [0.1, 0.15) is 4.90 Å². The lowest BCUT2D eigenvalue weighted by Gasteiger charge is -2.11. The predicted molar refractivity (Wildman–Crippen MR) is 135 cm³/mol. The first-order valence-corrected chi connectivity index (χ1v) is 12.5. The quantitative estimate of drug-likeness (QED) is 0.334. The molecular weight excluding hydrogens is 488 g/mol. The maximum Gasteiger partial charge on any atom is 0.338 e. The van der Waals surface area contributed by atoms with Gasteiger partial charge in [0.2, 0.25) is 10.0 Å². The van der Waals surface area contributed by atoms with Gasteiger partial charge in [-0.15, -0.1) is 0 Å². The van der Waals surface area contributed by atoms with Crippen molar-refractivity contribution in [2.75, 3.05) is 11.9 Å². The smallest absolute Gasteiger partial charge is 0.338 e. The minimum Gasteiger partial charge on any atom is -0.452 e. The fourth-order valence-electron chi connectivity index (χ4n) is 3.37. The van der Waals surface area contributed by atoms with Gasteiger partial charge in [0.15, 0.2) is 6.61 Å². The van der Waals surface area contributed by atoms with Gasteiger partial charge < -0.3 is 10.1 Å². The summed E-state index contributed by atoms with van der Waals surface area (Å²) in [5.74, 6) is -1.38. The third-order valence-electron chi connectivity index (χ3n) is 5.13. The molecule has 0 unspecified atom stereocenters. The summed E-state index contributed by atoms with van der Waals surface area (Å²) in [6.45, 7) is -0.480. The van der Waals surface area contributed by atoms with Gasteiger partial charge in [-0.1, -0.05) is 72.3 Å². The van der Waals surface area contributed by atoms with E-state index >= 15 is 0 Å². The van der Waals surface area contributed by atoms with Crippen LogP contribution >= 0.6 is 11.6 Å². The number of rotatable bonds is 8. The Kier molecular flexibility index (Phi) is 7.45. The molecule has 0 fully saturated rings. The zero-order chi connectivity index (χ0) is 24.8. The number of hydrogen-bond acceptors (Lipinski definition) is 5. The molecule has 4 aromatic carbocycles. The van der Waals surface area contributed by atoms with Crippen LogP contribution in [0.2, 0.25) is 5.02 Å². The largest absolute Gasteiger partial charge is 0.452 e. The van der Waals surface area contributed by atoms with E-state index in [0.717, 1.165) is 22.4 Å². The first-order chi connectivity index (χ1) is 16.8. The van der Waals surface area contributed by atoms with E-state index < -0.39 is 28.5 Å². The van der Waals surface area contributed by atoms with E-state index in [2.05, 4.69) is 10.0 Å². The molecule has 0 radical (unpaired) electrons. The number of fused-ring (bicyclic) bond motifs is 1. The molecule has 35 heavy (non-hydrogen) atoms. The zero-order valence-electron chi connectivity index (χ0n) is 18.4. The van der Waals surface area contributed by atoms with Gasteiger partial charge in [-0.2, -0.15) is 0 Å². The lowest BCUT2D eigenvalue weighted by Crippen LogP contribution is -2.24. The Bertz CT molecular complexity index is 1490. The molecule has 178 valence electrons. The van der Waals surface area contributed by atoms with Gasteiger partial charge in [-0.25, -0.2) is 17.9 Å². The predicted octanol–water partition coefficient (Wildman–Crippen LogP) is 4.77. The van der Waals surface area contributed by atoms with Crippen LogP contribution in [0.4, 0.5) is 5.69 Å². The van der Waals surface area contributed by atoms with Gasteiger partial charge >= 0.3 is 5.97 Å². The molecule has 0 aromatic heterocycles. The highest BCUT2D eigenvalue weighted by Gasteiger charge is 2.21. The van der Waals surface area contributed by atoms with Crippen LogP contribution < -0.4 is 10.0 Å². The van der Waals surface area contributed by atoms with Crippen LogP contribution in [-0.2, 0) is 26.1 Å². The summed E-state index contributed by atoms with van der Waals surface area (Å²) in [5.41, 5.74) is 1.28. The van der Waals surface area contributed by atoms with Crippen LogP contribution in [0, 0.1) is 0 Å². The standard InChI is InChI=1S/C26H21ClN2O5S/c27-23-13-11-21(15-24(23)35(32,33)28-16-18-6-2-1-3-7-18)26(31)34-17-25(30)29-22-12-10-19-8-4-5-9-20(19)14-22/h1-15,28H,16-17H2,(H,29,30). The Morgan fingerprint density at radius 1 is 0.829 bits per heavy atom. The Morgan fingerprint density at radius 2 is 1.54 bits per heavy atom. The molecule has 1 amide bonds. The topological polar surface area (TPSA) is 102 Å². The molecule has 0 saturated heterocycles. The number of carbonyl (C=O) groups excluding carboxylic acids is 2. The molecule has 7 nitrogen and oxygen atoms in total. The summed E-state index contributed by atoms with van der Waals surface area (Å²) in [6.07, 6.45) is 0. The first kappa shape index (κ1) is 24.4. The van der Waals surface area contributed by atoms with Gasteiger partial charge in [-0.3, -0.25) is 4.79 Å². The molecule has 0 bridgehead atoms. The van der Waals surface area contributed by atoms with Crippen molar-refractivity contribution in [3.05, 3.63) is 107 Å². The lowest BCUT2D eigenvalue weighted by molar-refractivity contribution is -0.119. The highest BCUT2D eigenvalue weighted by atomic mass is 35.5. The molecule has 0 aliphatic rings. The molecule has 0 aliphatic heterocycles. The van der Waals surface area contributed by atoms with Crippen molar-refractivity contribution in [3.8, 4) is 0 Å². The van der Waals surface area contributed by atoms with Crippen LogP contribution in [0.25, 0.3) is 10.8 Å². The Labute approximate surface area is 207 Å². The zero-order valence-corrected chi connectivity index (χ0v) is 20.0. The third-order valence-corrected chi connectivity index (χ3v) is 7.02. The highest BCUT2D eigenvalue weighted by Crippen LogP contribution is 2.23. The number of benzene rings is 4. The molecule has 0 aliphatic carbocycles. The summed E-state index contributed by atoms with van der Waals surface area (Å²) in [7, 11) is -4.00. The number of sulfonamides is 1. The second kappa shape index (κ2) is 10.7. The molecule has 4 aromatic rings. The average Bonchev–Trinajstić information content (AvgIpc) is 2.87. The normalized spacial score (nSPS) is 11.2. The maximum absolute atomic E-state index is 12.8. The van der Waals surface area contributed by atoms with Crippen molar-refractivity contribution in [1.29, 1.82) is 0 Å². The lowest BCUT2D eigenvalue weighted by atomic mass is 10.1. The van der Waals surface area contributed by atoms with Crippen LogP contribution in [0.15, 0.2) is 95.9 Å². The number of ether oxygens (including phenoxy) is 1. The van der Waals surface area contributed by atoms with Crippen molar-refractivity contribution in [2.45, 2.75) is 11.4 Å². The van der Waals surface area contributed by atoms with Crippen molar-refractivity contribution >= 4 is 50.0 Å². The van der Waals surface area contributed by atoms with Crippen LogP contribution in [0.1, 0.15) is 15.9 Å². The Hall–Kier alpha value is -3.72. The summed E-state index contributed by atoms with van der Waals surface area (Å²) >= 11 is 6.09. The number of halogens is 1. The maximum atomic E-state index is 12.8. The van der Waals surface area contributed by atoms with E-state index in [1.807, 2.05) is 42.5 Å². The van der Waals surface area contributed by atoms with E-state index in [1.165, 1.54) is 12.1 Å². The summed E-state index contributed by atoms with van der Waals surface area (Å²) < 4.78 is 33.0. The van der Waals surface area contributed by atoms with Crippen LogP contribution in [0.3, 0.4) is 0 Å². The van der Waals surface area contributed by atoms with Gasteiger partial charge in [0.25, 0.3) is 5.91 Å². The SMILES string of the molecule is O=C(COC(=O)c1ccc(Cl)c(S(=O)(=O)NCc2ccccc2)c1)Nc1ccc2ccccc2c1. The summed E-state index contributed by atoms with van der Waals surface area (Å²) in [4.78, 5) is 24.5. The number of nitrogens with one attached hydrogen (secondary N) is 2. The molecular formula is C26H21ClN2O5S. The van der Waals surface area contributed by atoms with E-state index in [0.29, 0.717) is 5.69 Å². The van der Waals surface area contributed by atoms with Gasteiger partial charge in [0.05, 0.1) is 10.6 Å².